The van der Waals surface area contributed by atoms with Gasteiger partial charge in [0.1, 0.15) is 0 Å². The number of benzene rings is 1. The maximum absolute atomic E-state index is 5.50. The summed E-state index contributed by atoms with van der Waals surface area (Å²) in [5.74, 6) is 0. The molecule has 0 fully saturated rings. The molecule has 1 nitrogen and oxygen atoms in total. The van der Waals surface area contributed by atoms with E-state index in [2.05, 4.69) is 6.07 Å². The van der Waals surface area contributed by atoms with Crippen molar-refractivity contribution in [3.05, 3.63) is 29.3 Å². The van der Waals surface area contributed by atoms with E-state index in [1.165, 1.54) is 11.1 Å². The number of hydrogen-bond acceptors (Lipinski definition) is 1. The number of nitrogens with two attached hydrogens (primary N) is 1. The van der Waals surface area contributed by atoms with Crippen LogP contribution in [0.2, 0.25) is 0 Å². The predicted octanol–water partition coefficient (Wildman–Crippen LogP) is 1.68. The van der Waals surface area contributed by atoms with Crippen LogP contribution in [0.3, 0.4) is 0 Å². The fraction of sp³-hybridized carbons (Fsp3) is 0.250. The molecule has 0 atom stereocenters. The third kappa shape index (κ3) is 2.39. The molecule has 0 heterocycles. The predicted molar refractivity (Wildman–Crippen MR) is 39.2 cm³/mol. The van der Waals surface area contributed by atoms with Gasteiger partial charge in [-0.1, -0.05) is 19.5 Å². The van der Waals surface area contributed by atoms with E-state index in [9.17, 15) is 0 Å². The van der Waals surface area contributed by atoms with Crippen molar-refractivity contribution in [3.8, 4) is 0 Å². The van der Waals surface area contributed by atoms with Gasteiger partial charge in [0, 0.05) is 32.7 Å². The first kappa shape index (κ1) is 10.1. The summed E-state index contributed by atoms with van der Waals surface area (Å²) in [4.78, 5) is 0. The minimum atomic E-state index is 0. The van der Waals surface area contributed by atoms with Crippen molar-refractivity contribution in [3.63, 3.8) is 0 Å². The van der Waals surface area contributed by atoms with Gasteiger partial charge in [0.05, 0.1) is 0 Å². The van der Waals surface area contributed by atoms with Gasteiger partial charge in [-0.15, -0.1) is 6.07 Å². The zero-order chi connectivity index (χ0) is 6.85. The van der Waals surface area contributed by atoms with Crippen molar-refractivity contribution in [2.45, 2.75) is 13.8 Å². The van der Waals surface area contributed by atoms with Crippen LogP contribution in [0.15, 0.2) is 12.1 Å². The van der Waals surface area contributed by atoms with Gasteiger partial charge in [-0.2, -0.15) is 23.3 Å². The zero-order valence-corrected chi connectivity index (χ0v) is 9.15. The van der Waals surface area contributed by atoms with Crippen LogP contribution >= 0.6 is 0 Å². The topological polar surface area (TPSA) is 26.0 Å². The normalized spacial score (nSPS) is 8.60. The first-order valence-corrected chi connectivity index (χ1v) is 2.94. The van der Waals surface area contributed by atoms with Gasteiger partial charge in [0.2, 0.25) is 0 Å². The maximum Gasteiger partial charge on any atom is 0 e. The van der Waals surface area contributed by atoms with E-state index in [0.717, 1.165) is 5.69 Å². The third-order valence-corrected chi connectivity index (χ3v) is 1.43. The quantitative estimate of drug-likeness (QED) is 0.510. The average molecular weight is 209 g/mol. The standard InChI is InChI=1S/C8H10N.Y/c1-6-3-4-8(9)5-7(6)2;/h4-5H,9H2,1-2H3;/q-1;. The first-order valence-electron chi connectivity index (χ1n) is 2.94. The van der Waals surface area contributed by atoms with Crippen LogP contribution < -0.4 is 5.73 Å². The van der Waals surface area contributed by atoms with Gasteiger partial charge in [0.25, 0.3) is 0 Å². The van der Waals surface area contributed by atoms with E-state index in [1.54, 1.807) is 6.07 Å². The summed E-state index contributed by atoms with van der Waals surface area (Å²) in [5, 5.41) is 0. The Morgan fingerprint density at radius 3 is 2.40 bits per heavy atom. The summed E-state index contributed by atoms with van der Waals surface area (Å²) in [5.41, 5.74) is 8.66. The van der Waals surface area contributed by atoms with Crippen LogP contribution in [-0.2, 0) is 32.7 Å². The molecule has 0 aliphatic carbocycles. The summed E-state index contributed by atoms with van der Waals surface area (Å²) in [6.07, 6.45) is 0. The molecule has 51 valence electrons. The molecule has 1 rings (SSSR count). The van der Waals surface area contributed by atoms with Gasteiger partial charge >= 0.3 is 0 Å². The van der Waals surface area contributed by atoms with Crippen LogP contribution in [0.1, 0.15) is 11.1 Å². The summed E-state index contributed by atoms with van der Waals surface area (Å²) in [7, 11) is 0. The van der Waals surface area contributed by atoms with Crippen molar-refractivity contribution < 1.29 is 32.7 Å². The Labute approximate surface area is 86.9 Å². The Bertz CT molecular complexity index is 220. The Hall–Kier alpha value is 0.124. The molecular formula is C8H10NY-. The summed E-state index contributed by atoms with van der Waals surface area (Å²) in [6.45, 7) is 4.05. The number of anilines is 1. The van der Waals surface area contributed by atoms with E-state index in [0.29, 0.717) is 0 Å². The van der Waals surface area contributed by atoms with Gasteiger partial charge in [-0.25, -0.2) is 0 Å². The Morgan fingerprint density at radius 1 is 1.40 bits per heavy atom. The monoisotopic (exact) mass is 209 g/mol. The maximum atomic E-state index is 5.50. The average Bonchev–Trinajstić information content (AvgIpc) is 1.80. The molecule has 0 unspecified atom stereocenters. The molecule has 1 aromatic rings. The fourth-order valence-electron chi connectivity index (χ4n) is 0.705. The molecule has 2 heteroatoms. The Balaban J connectivity index is 0.000000810. The second-order valence-electron chi connectivity index (χ2n) is 2.24. The largest absolute Gasteiger partial charge is 0.449 e. The van der Waals surface area contributed by atoms with E-state index in [1.807, 2.05) is 19.9 Å². The van der Waals surface area contributed by atoms with E-state index in [4.69, 9.17) is 5.73 Å². The van der Waals surface area contributed by atoms with Crippen molar-refractivity contribution in [2.24, 2.45) is 0 Å². The molecule has 0 saturated carbocycles. The minimum absolute atomic E-state index is 0. The molecule has 10 heavy (non-hydrogen) atoms. The molecule has 1 radical (unpaired) electrons. The summed E-state index contributed by atoms with van der Waals surface area (Å²) in [6, 6.07) is 6.79. The van der Waals surface area contributed by atoms with Crippen LogP contribution in [0, 0.1) is 19.9 Å². The molecule has 0 aliphatic rings. The number of aryl methyl sites for hydroxylation is 2. The van der Waals surface area contributed by atoms with E-state index in [-0.39, 0.29) is 32.7 Å². The molecule has 2 N–H and O–H groups in total. The smallest absolute Gasteiger partial charge is 0 e. The number of nitrogen functional groups attached to an aromatic ring is 1. The van der Waals surface area contributed by atoms with Crippen molar-refractivity contribution in [2.75, 3.05) is 5.73 Å². The van der Waals surface area contributed by atoms with Crippen LogP contribution in [-0.4, -0.2) is 0 Å². The van der Waals surface area contributed by atoms with Crippen LogP contribution in [0.5, 0.6) is 0 Å². The van der Waals surface area contributed by atoms with E-state index < -0.39 is 0 Å². The van der Waals surface area contributed by atoms with Crippen molar-refractivity contribution >= 4 is 5.69 Å². The minimum Gasteiger partial charge on any atom is -0.449 e. The molecular weight excluding hydrogens is 199 g/mol. The summed E-state index contributed by atoms with van der Waals surface area (Å²) < 4.78 is 0. The molecule has 0 aromatic heterocycles. The molecule has 0 spiro atoms. The van der Waals surface area contributed by atoms with Crippen LogP contribution in [0.25, 0.3) is 0 Å². The van der Waals surface area contributed by atoms with Crippen LogP contribution in [0.4, 0.5) is 5.69 Å². The third-order valence-electron chi connectivity index (χ3n) is 1.43. The second kappa shape index (κ2) is 4.10. The van der Waals surface area contributed by atoms with Crippen molar-refractivity contribution in [1.29, 1.82) is 0 Å². The molecule has 0 bridgehead atoms. The van der Waals surface area contributed by atoms with E-state index >= 15 is 0 Å². The fourth-order valence-corrected chi connectivity index (χ4v) is 0.705. The first-order chi connectivity index (χ1) is 4.20. The summed E-state index contributed by atoms with van der Waals surface area (Å²) >= 11 is 0. The Morgan fingerprint density at radius 2 is 2.00 bits per heavy atom. The van der Waals surface area contributed by atoms with Gasteiger partial charge < -0.3 is 5.73 Å². The molecule has 0 amide bonds. The molecule has 1 aromatic carbocycles. The van der Waals surface area contributed by atoms with Crippen molar-refractivity contribution in [1.82, 2.24) is 0 Å². The second-order valence-corrected chi connectivity index (χ2v) is 2.24. The number of hydrogen-bond donors (Lipinski definition) is 1. The zero-order valence-electron chi connectivity index (χ0n) is 6.31. The van der Waals surface area contributed by atoms with Gasteiger partial charge in [0.15, 0.2) is 0 Å². The van der Waals surface area contributed by atoms with Gasteiger partial charge in [-0.3, -0.25) is 0 Å². The Kier molecular flexibility index (Phi) is 4.15. The SMILES string of the molecule is Cc1[c-]cc(N)cc1C.[Y]. The van der Waals surface area contributed by atoms with Gasteiger partial charge in [-0.05, 0) is 0 Å². The molecule has 0 saturated heterocycles. The molecule has 0 aliphatic heterocycles. The number of rotatable bonds is 0.